The number of hydrogen-bond acceptors (Lipinski definition) is 3. The summed E-state index contributed by atoms with van der Waals surface area (Å²) in [5.41, 5.74) is 6.35. The molecule has 0 spiro atoms. The minimum absolute atomic E-state index is 0.766. The van der Waals surface area contributed by atoms with E-state index in [1.54, 1.807) is 7.11 Å². The van der Waals surface area contributed by atoms with Gasteiger partial charge in [0.25, 0.3) is 0 Å². The van der Waals surface area contributed by atoms with Crippen molar-refractivity contribution in [3.05, 3.63) is 53.2 Å². The van der Waals surface area contributed by atoms with E-state index in [2.05, 4.69) is 48.3 Å². The van der Waals surface area contributed by atoms with E-state index in [1.165, 1.54) is 35.2 Å². The molecule has 2 aromatic rings. The number of benzene rings is 1. The smallest absolute Gasteiger partial charge is 0.0705 e. The van der Waals surface area contributed by atoms with E-state index in [0.717, 1.165) is 31.8 Å². The van der Waals surface area contributed by atoms with Crippen molar-refractivity contribution in [3.63, 3.8) is 0 Å². The zero-order valence-electron chi connectivity index (χ0n) is 13.5. The lowest BCUT2D eigenvalue weighted by Gasteiger charge is -2.16. The molecule has 1 aliphatic carbocycles. The Morgan fingerprint density at radius 3 is 2.95 bits per heavy atom. The molecule has 0 fully saturated rings. The number of rotatable bonds is 6. The van der Waals surface area contributed by atoms with Crippen LogP contribution in [0, 0.1) is 0 Å². The van der Waals surface area contributed by atoms with E-state index in [0.29, 0.717) is 0 Å². The molecular formula is C19H24N2O. The topological polar surface area (TPSA) is 25.4 Å². The largest absolute Gasteiger partial charge is 0.383 e. The third-order valence-electron chi connectivity index (χ3n) is 4.28. The Bertz CT molecular complexity index is 639. The van der Waals surface area contributed by atoms with Crippen LogP contribution in [0.1, 0.15) is 23.2 Å². The van der Waals surface area contributed by atoms with Crippen molar-refractivity contribution in [2.45, 2.75) is 25.8 Å². The molecule has 3 nitrogen and oxygen atoms in total. The molecule has 116 valence electrons. The number of nitrogens with zero attached hydrogens (tertiary/aromatic N) is 2. The average molecular weight is 296 g/mol. The maximum absolute atomic E-state index is 5.13. The Morgan fingerprint density at radius 2 is 2.09 bits per heavy atom. The zero-order chi connectivity index (χ0) is 15.4. The average Bonchev–Trinajstić information content (AvgIpc) is 3.00. The highest BCUT2D eigenvalue weighted by Gasteiger charge is 2.13. The fourth-order valence-corrected chi connectivity index (χ4v) is 3.05. The van der Waals surface area contributed by atoms with Gasteiger partial charge in [0, 0.05) is 31.5 Å². The van der Waals surface area contributed by atoms with Gasteiger partial charge in [0.05, 0.1) is 12.3 Å². The van der Waals surface area contributed by atoms with Crippen molar-refractivity contribution in [2.75, 3.05) is 27.3 Å². The second-order valence-electron chi connectivity index (χ2n) is 6.09. The maximum Gasteiger partial charge on any atom is 0.0705 e. The Balaban J connectivity index is 1.76. The number of ether oxygens (including phenoxy) is 1. The standard InChI is InChI=1S/C19H24N2O/c1-21(11-12-22-2)14-15-5-3-7-17(13-15)19-10-9-16-6-4-8-18(16)20-19/h3,5,7,9-10,13H,4,6,8,11-12,14H2,1-2H3. The van der Waals surface area contributed by atoms with E-state index in [4.69, 9.17) is 9.72 Å². The van der Waals surface area contributed by atoms with Gasteiger partial charge in [-0.25, -0.2) is 0 Å². The van der Waals surface area contributed by atoms with Gasteiger partial charge in [-0.2, -0.15) is 0 Å². The lowest BCUT2D eigenvalue weighted by atomic mass is 10.1. The molecule has 0 amide bonds. The summed E-state index contributed by atoms with van der Waals surface area (Å²) in [5, 5.41) is 0. The minimum atomic E-state index is 0.766. The third-order valence-corrected chi connectivity index (χ3v) is 4.28. The van der Waals surface area contributed by atoms with Gasteiger partial charge in [0.2, 0.25) is 0 Å². The summed E-state index contributed by atoms with van der Waals surface area (Å²) >= 11 is 0. The first-order chi connectivity index (χ1) is 10.8. The molecule has 3 rings (SSSR count). The Kier molecular flexibility index (Phi) is 4.86. The summed E-state index contributed by atoms with van der Waals surface area (Å²) < 4.78 is 5.13. The highest BCUT2D eigenvalue weighted by Crippen LogP contribution is 2.25. The van der Waals surface area contributed by atoms with Crippen molar-refractivity contribution in [3.8, 4) is 11.3 Å². The number of pyridine rings is 1. The van der Waals surface area contributed by atoms with Crippen LogP contribution in [0.3, 0.4) is 0 Å². The summed E-state index contributed by atoms with van der Waals surface area (Å²) in [4.78, 5) is 7.14. The normalized spacial score (nSPS) is 13.6. The van der Waals surface area contributed by atoms with Gasteiger partial charge in [-0.15, -0.1) is 0 Å². The number of fused-ring (bicyclic) bond motifs is 1. The first-order valence-corrected chi connectivity index (χ1v) is 8.02. The summed E-state index contributed by atoms with van der Waals surface area (Å²) in [6, 6.07) is 13.1. The van der Waals surface area contributed by atoms with Crippen LogP contribution in [0.5, 0.6) is 0 Å². The first-order valence-electron chi connectivity index (χ1n) is 8.02. The second kappa shape index (κ2) is 7.03. The molecule has 22 heavy (non-hydrogen) atoms. The first kappa shape index (κ1) is 15.2. The summed E-state index contributed by atoms with van der Waals surface area (Å²) in [6.45, 7) is 2.64. The zero-order valence-corrected chi connectivity index (χ0v) is 13.5. The van der Waals surface area contributed by atoms with Crippen LogP contribution in [0.2, 0.25) is 0 Å². The molecule has 1 aromatic heterocycles. The third kappa shape index (κ3) is 3.54. The molecule has 0 saturated heterocycles. The molecule has 0 aliphatic heterocycles. The van der Waals surface area contributed by atoms with Crippen LogP contribution < -0.4 is 0 Å². The minimum Gasteiger partial charge on any atom is -0.383 e. The Morgan fingerprint density at radius 1 is 1.18 bits per heavy atom. The van der Waals surface area contributed by atoms with Crippen molar-refractivity contribution in [2.24, 2.45) is 0 Å². The lowest BCUT2D eigenvalue weighted by molar-refractivity contribution is 0.158. The van der Waals surface area contributed by atoms with Crippen molar-refractivity contribution in [1.82, 2.24) is 9.88 Å². The van der Waals surface area contributed by atoms with Gasteiger partial charge in [0.1, 0.15) is 0 Å². The summed E-state index contributed by atoms with van der Waals surface area (Å²) in [6.07, 6.45) is 3.56. The monoisotopic (exact) mass is 296 g/mol. The molecule has 0 N–H and O–H groups in total. The van der Waals surface area contributed by atoms with Gasteiger partial charge in [-0.3, -0.25) is 9.88 Å². The van der Waals surface area contributed by atoms with Gasteiger partial charge >= 0.3 is 0 Å². The highest BCUT2D eigenvalue weighted by molar-refractivity contribution is 5.61. The molecule has 0 unspecified atom stereocenters. The van der Waals surface area contributed by atoms with Crippen molar-refractivity contribution < 1.29 is 4.74 Å². The van der Waals surface area contributed by atoms with Gasteiger partial charge in [0.15, 0.2) is 0 Å². The molecular weight excluding hydrogens is 272 g/mol. The van der Waals surface area contributed by atoms with Crippen LogP contribution in [0.25, 0.3) is 11.3 Å². The van der Waals surface area contributed by atoms with Gasteiger partial charge < -0.3 is 4.74 Å². The number of likely N-dealkylation sites (N-methyl/N-ethyl adjacent to an activating group) is 1. The van der Waals surface area contributed by atoms with Gasteiger partial charge in [-0.1, -0.05) is 24.3 Å². The van der Waals surface area contributed by atoms with Crippen LogP contribution in [-0.4, -0.2) is 37.2 Å². The quantitative estimate of drug-likeness (QED) is 0.817. The van der Waals surface area contributed by atoms with E-state index in [1.807, 2.05) is 0 Å². The fraction of sp³-hybridized carbons (Fsp3) is 0.421. The summed E-state index contributed by atoms with van der Waals surface area (Å²) in [7, 11) is 3.87. The predicted molar refractivity (Wildman–Crippen MR) is 89.9 cm³/mol. The van der Waals surface area contributed by atoms with E-state index >= 15 is 0 Å². The number of aromatic nitrogens is 1. The van der Waals surface area contributed by atoms with Crippen molar-refractivity contribution in [1.29, 1.82) is 0 Å². The van der Waals surface area contributed by atoms with E-state index in [-0.39, 0.29) is 0 Å². The van der Waals surface area contributed by atoms with E-state index < -0.39 is 0 Å². The maximum atomic E-state index is 5.13. The Hall–Kier alpha value is -1.71. The number of hydrogen-bond donors (Lipinski definition) is 0. The van der Waals surface area contributed by atoms with Crippen LogP contribution in [0.4, 0.5) is 0 Å². The number of methoxy groups -OCH3 is 1. The van der Waals surface area contributed by atoms with Crippen molar-refractivity contribution >= 4 is 0 Å². The molecule has 3 heteroatoms. The molecule has 0 saturated carbocycles. The molecule has 0 atom stereocenters. The van der Waals surface area contributed by atoms with E-state index in [9.17, 15) is 0 Å². The molecule has 1 aromatic carbocycles. The molecule has 0 bridgehead atoms. The summed E-state index contributed by atoms with van der Waals surface area (Å²) in [5.74, 6) is 0. The fourth-order valence-electron chi connectivity index (χ4n) is 3.05. The molecule has 1 aliphatic rings. The highest BCUT2D eigenvalue weighted by atomic mass is 16.5. The number of aryl methyl sites for hydroxylation is 2. The molecule has 1 heterocycles. The van der Waals surface area contributed by atoms with Crippen LogP contribution in [-0.2, 0) is 24.1 Å². The van der Waals surface area contributed by atoms with Gasteiger partial charge in [-0.05, 0) is 49.6 Å². The predicted octanol–water partition coefficient (Wildman–Crippen LogP) is 3.32. The Labute approximate surface area is 132 Å². The van der Waals surface area contributed by atoms with Crippen LogP contribution >= 0.6 is 0 Å². The SMILES string of the molecule is COCCN(C)Cc1cccc(-c2ccc3c(n2)CCC3)c1. The van der Waals surface area contributed by atoms with Crippen LogP contribution in [0.15, 0.2) is 36.4 Å². The lowest BCUT2D eigenvalue weighted by Crippen LogP contribution is -2.22. The molecule has 0 radical (unpaired) electrons. The second-order valence-corrected chi connectivity index (χ2v) is 6.09.